The van der Waals surface area contributed by atoms with E-state index >= 15 is 0 Å². The van der Waals surface area contributed by atoms with Crippen molar-refractivity contribution in [2.45, 2.75) is 31.8 Å². The van der Waals surface area contributed by atoms with Crippen LogP contribution in [-0.4, -0.2) is 45.3 Å². The zero-order valence-electron chi connectivity index (χ0n) is 18.7. The smallest absolute Gasteiger partial charge is 0.261 e. The monoisotopic (exact) mass is 479 g/mol. The Bertz CT molecular complexity index is 1310. The molecule has 3 aromatic rings. The van der Waals surface area contributed by atoms with Gasteiger partial charge in [0.2, 0.25) is 11.8 Å². The highest BCUT2D eigenvalue weighted by molar-refractivity contribution is 7.98. The number of para-hydroxylation sites is 1. The lowest BCUT2D eigenvalue weighted by Gasteiger charge is -2.13. The first kappa shape index (κ1) is 23.5. The summed E-state index contributed by atoms with van der Waals surface area (Å²) in [4.78, 5) is 54.3. The van der Waals surface area contributed by atoms with Crippen LogP contribution in [0.3, 0.4) is 0 Å². The van der Waals surface area contributed by atoms with Gasteiger partial charge in [-0.05, 0) is 55.2 Å². The fourth-order valence-corrected chi connectivity index (χ4v) is 4.25. The predicted molar refractivity (Wildman–Crippen MR) is 133 cm³/mol. The lowest BCUT2D eigenvalue weighted by molar-refractivity contribution is -0.118. The van der Waals surface area contributed by atoms with E-state index in [2.05, 4.69) is 20.9 Å². The fourth-order valence-electron chi connectivity index (χ4n) is 3.78. The third-order valence-corrected chi connectivity index (χ3v) is 6.22. The molecule has 2 aromatic carbocycles. The second-order valence-electron chi connectivity index (χ2n) is 7.97. The molecule has 1 atom stereocenters. The van der Waals surface area contributed by atoms with Crippen LogP contribution in [0.5, 0.6) is 0 Å². The van der Waals surface area contributed by atoms with Gasteiger partial charge < -0.3 is 16.0 Å². The van der Waals surface area contributed by atoms with Crippen LogP contribution in [0.2, 0.25) is 0 Å². The van der Waals surface area contributed by atoms with E-state index in [1.54, 1.807) is 48.2 Å². The number of rotatable bonds is 8. The number of carbonyl (C=O) groups excluding carboxylic acids is 3. The Morgan fingerprint density at radius 2 is 2.00 bits per heavy atom. The minimum absolute atomic E-state index is 0.138. The van der Waals surface area contributed by atoms with Crippen molar-refractivity contribution in [3.8, 4) is 0 Å². The average molecular weight is 480 g/mol. The van der Waals surface area contributed by atoms with Gasteiger partial charge in [0, 0.05) is 18.7 Å². The van der Waals surface area contributed by atoms with E-state index in [1.807, 2.05) is 12.3 Å². The third kappa shape index (κ3) is 5.28. The van der Waals surface area contributed by atoms with Crippen LogP contribution in [0.15, 0.2) is 53.6 Å². The molecule has 1 aromatic heterocycles. The molecular formula is C24H25N5O4S. The van der Waals surface area contributed by atoms with Crippen molar-refractivity contribution in [1.82, 2.24) is 14.9 Å². The standard InChI is InChI=1S/C24H25N5O4S/c1-34-12-10-20-23(32)27-19-9-8-15(13-17(19)22(31)28-20)26-21(30)7-4-11-29-14-25-18-6-3-2-5-16(18)24(29)33/h2-3,5-6,8-9,13-14,20H,4,7,10-12H2,1H3,(H,26,30)(H,27,32)(H,28,31). The van der Waals surface area contributed by atoms with Crippen LogP contribution in [0.1, 0.15) is 29.6 Å². The van der Waals surface area contributed by atoms with Crippen molar-refractivity contribution in [3.63, 3.8) is 0 Å². The van der Waals surface area contributed by atoms with E-state index in [4.69, 9.17) is 0 Å². The van der Waals surface area contributed by atoms with Crippen molar-refractivity contribution >= 4 is 51.8 Å². The normalized spacial score (nSPS) is 15.3. The van der Waals surface area contributed by atoms with Crippen molar-refractivity contribution in [1.29, 1.82) is 0 Å². The zero-order chi connectivity index (χ0) is 24.1. The van der Waals surface area contributed by atoms with Crippen LogP contribution < -0.4 is 21.5 Å². The summed E-state index contributed by atoms with van der Waals surface area (Å²) >= 11 is 1.60. The first-order valence-corrected chi connectivity index (χ1v) is 12.3. The highest BCUT2D eigenvalue weighted by atomic mass is 32.2. The number of carbonyl (C=O) groups is 3. The molecule has 0 fully saturated rings. The molecule has 1 aliphatic rings. The van der Waals surface area contributed by atoms with Gasteiger partial charge in [-0.1, -0.05) is 12.1 Å². The average Bonchev–Trinajstić information content (AvgIpc) is 2.95. The Morgan fingerprint density at radius 1 is 1.18 bits per heavy atom. The molecular weight excluding hydrogens is 454 g/mol. The number of hydrogen-bond acceptors (Lipinski definition) is 6. The Kier molecular flexibility index (Phi) is 7.27. The largest absolute Gasteiger partial charge is 0.340 e. The number of fused-ring (bicyclic) bond motifs is 2. The minimum atomic E-state index is -0.599. The van der Waals surface area contributed by atoms with Gasteiger partial charge in [0.15, 0.2) is 0 Å². The van der Waals surface area contributed by atoms with E-state index in [0.717, 1.165) is 5.75 Å². The molecule has 0 radical (unpaired) electrons. The summed E-state index contributed by atoms with van der Waals surface area (Å²) in [5.41, 5.74) is 1.67. The summed E-state index contributed by atoms with van der Waals surface area (Å²) in [6.07, 6.45) is 4.61. The van der Waals surface area contributed by atoms with Crippen LogP contribution in [0.25, 0.3) is 10.9 Å². The van der Waals surface area contributed by atoms with Gasteiger partial charge in [0.05, 0.1) is 28.5 Å². The van der Waals surface area contributed by atoms with Gasteiger partial charge in [0.1, 0.15) is 6.04 Å². The molecule has 0 saturated heterocycles. The molecule has 2 heterocycles. The van der Waals surface area contributed by atoms with Crippen molar-refractivity contribution < 1.29 is 14.4 Å². The first-order valence-electron chi connectivity index (χ1n) is 10.9. The Balaban J connectivity index is 1.36. The second kappa shape index (κ2) is 10.5. The highest BCUT2D eigenvalue weighted by Gasteiger charge is 2.27. The van der Waals surface area contributed by atoms with Crippen molar-refractivity contribution in [2.75, 3.05) is 22.6 Å². The van der Waals surface area contributed by atoms with Gasteiger partial charge in [-0.3, -0.25) is 23.7 Å². The van der Waals surface area contributed by atoms with Gasteiger partial charge in [-0.15, -0.1) is 0 Å². The number of nitrogens with one attached hydrogen (secondary N) is 3. The van der Waals surface area contributed by atoms with E-state index < -0.39 is 6.04 Å². The van der Waals surface area contributed by atoms with Crippen LogP contribution in [-0.2, 0) is 16.1 Å². The van der Waals surface area contributed by atoms with Crippen molar-refractivity contribution in [2.24, 2.45) is 0 Å². The summed E-state index contributed by atoms with van der Waals surface area (Å²) in [6.45, 7) is 0.361. The molecule has 1 aliphatic heterocycles. The van der Waals surface area contributed by atoms with Crippen LogP contribution >= 0.6 is 11.8 Å². The molecule has 176 valence electrons. The van der Waals surface area contributed by atoms with E-state index in [-0.39, 0.29) is 29.7 Å². The number of amides is 3. The first-order chi connectivity index (χ1) is 16.5. The van der Waals surface area contributed by atoms with Gasteiger partial charge in [0.25, 0.3) is 11.5 Å². The molecule has 10 heteroatoms. The van der Waals surface area contributed by atoms with Crippen LogP contribution in [0, 0.1) is 0 Å². The molecule has 34 heavy (non-hydrogen) atoms. The van der Waals surface area contributed by atoms with Crippen molar-refractivity contribution in [3.05, 3.63) is 64.7 Å². The topological polar surface area (TPSA) is 122 Å². The van der Waals surface area contributed by atoms with Gasteiger partial charge in [-0.2, -0.15) is 11.8 Å². The van der Waals surface area contributed by atoms with Gasteiger partial charge >= 0.3 is 0 Å². The Hall–Kier alpha value is -3.66. The van der Waals surface area contributed by atoms with E-state index in [0.29, 0.717) is 47.2 Å². The number of aromatic nitrogens is 2. The molecule has 1 unspecified atom stereocenters. The maximum atomic E-state index is 12.7. The predicted octanol–water partition coefficient (Wildman–Crippen LogP) is 2.62. The molecule has 4 rings (SSSR count). The zero-order valence-corrected chi connectivity index (χ0v) is 19.5. The molecule has 0 aliphatic carbocycles. The Labute approximate surface area is 200 Å². The summed E-state index contributed by atoms with van der Waals surface area (Å²) in [6, 6.07) is 11.3. The fraction of sp³-hybridized carbons (Fsp3) is 0.292. The van der Waals surface area contributed by atoms with Gasteiger partial charge in [-0.25, -0.2) is 4.98 Å². The number of benzene rings is 2. The molecule has 3 N–H and O–H groups in total. The number of anilines is 2. The Morgan fingerprint density at radius 3 is 2.82 bits per heavy atom. The van der Waals surface area contributed by atoms with Crippen LogP contribution in [0.4, 0.5) is 11.4 Å². The number of hydrogen-bond donors (Lipinski definition) is 3. The molecule has 0 bridgehead atoms. The molecule has 0 spiro atoms. The lowest BCUT2D eigenvalue weighted by atomic mass is 10.1. The minimum Gasteiger partial charge on any atom is -0.340 e. The summed E-state index contributed by atoms with van der Waals surface area (Å²) in [7, 11) is 0. The molecule has 3 amide bonds. The number of aryl methyl sites for hydroxylation is 1. The molecule has 9 nitrogen and oxygen atoms in total. The quantitative estimate of drug-likeness (QED) is 0.457. The number of nitrogens with zero attached hydrogens (tertiary/aromatic N) is 2. The SMILES string of the molecule is CSCCC1NC(=O)c2cc(NC(=O)CCCn3cnc4ccccc4c3=O)ccc2NC1=O. The number of thioether (sulfide) groups is 1. The molecule has 0 saturated carbocycles. The maximum Gasteiger partial charge on any atom is 0.261 e. The second-order valence-corrected chi connectivity index (χ2v) is 8.95. The maximum absolute atomic E-state index is 12.7. The summed E-state index contributed by atoms with van der Waals surface area (Å²) in [5, 5.41) is 8.86. The van der Waals surface area contributed by atoms with E-state index in [9.17, 15) is 19.2 Å². The lowest BCUT2D eigenvalue weighted by Crippen LogP contribution is -2.41. The summed E-state index contributed by atoms with van der Waals surface area (Å²) in [5.74, 6) is -0.107. The third-order valence-electron chi connectivity index (χ3n) is 5.57. The summed E-state index contributed by atoms with van der Waals surface area (Å²) < 4.78 is 1.50. The highest BCUT2D eigenvalue weighted by Crippen LogP contribution is 2.24. The van der Waals surface area contributed by atoms with E-state index in [1.165, 1.54) is 10.9 Å².